The topological polar surface area (TPSA) is 66.5 Å². The summed E-state index contributed by atoms with van der Waals surface area (Å²) in [5, 5.41) is 0.811. The lowest BCUT2D eigenvalue weighted by Gasteiger charge is -2.42. The van der Waals surface area contributed by atoms with Crippen molar-refractivity contribution >= 4 is 17.7 Å². The number of nitrogens with zero attached hydrogens (tertiary/aromatic N) is 1. The summed E-state index contributed by atoms with van der Waals surface area (Å²) in [7, 11) is 0. The van der Waals surface area contributed by atoms with Gasteiger partial charge in [0.1, 0.15) is 0 Å². The van der Waals surface area contributed by atoms with Crippen LogP contribution >= 0.6 is 0 Å². The fourth-order valence-electron chi connectivity index (χ4n) is 5.62. The molecule has 1 aliphatic heterocycles. The van der Waals surface area contributed by atoms with Gasteiger partial charge in [0.2, 0.25) is 0 Å². The second kappa shape index (κ2) is 5.33. The number of halogens is 3. The standard InChI is InChI=1S/C19H17F3N2O3/c20-19(21,22)9-3-1-8(2-4-9)16(25)23-24-17(26)14-10-5-6-11(13-7-12(10)13)15(14)18(24)27/h1-4,10-15H,5-7H2,(H,23,25)/t10?,11?,12-,13?,14+,15-/m1/s1. The summed E-state index contributed by atoms with van der Waals surface area (Å²) in [6.45, 7) is 0. The van der Waals surface area contributed by atoms with Crippen LogP contribution in [0.4, 0.5) is 13.2 Å². The van der Waals surface area contributed by atoms with E-state index in [9.17, 15) is 27.6 Å². The SMILES string of the molecule is O=C(NN1C(=O)[C@@H]2C3CCC([C@H]4CC34)[C@@H]2C1=O)c1ccc(C(F)(F)F)cc1. The van der Waals surface area contributed by atoms with Crippen LogP contribution < -0.4 is 5.43 Å². The van der Waals surface area contributed by atoms with Crippen molar-refractivity contribution in [3.8, 4) is 0 Å². The van der Waals surface area contributed by atoms with Crippen molar-refractivity contribution in [2.45, 2.75) is 25.4 Å². The summed E-state index contributed by atoms with van der Waals surface area (Å²) in [6, 6.07) is 3.68. The molecule has 4 saturated carbocycles. The number of hydrazine groups is 1. The molecule has 3 amide bonds. The minimum absolute atomic E-state index is 0.0377. The van der Waals surface area contributed by atoms with Crippen LogP contribution in [-0.2, 0) is 15.8 Å². The van der Waals surface area contributed by atoms with Gasteiger partial charge >= 0.3 is 6.18 Å². The number of hydrogen-bond acceptors (Lipinski definition) is 3. The number of nitrogens with one attached hydrogen (secondary N) is 1. The maximum absolute atomic E-state index is 12.8. The Morgan fingerprint density at radius 2 is 1.44 bits per heavy atom. The summed E-state index contributed by atoms with van der Waals surface area (Å²) >= 11 is 0. The Morgan fingerprint density at radius 1 is 0.926 bits per heavy atom. The van der Waals surface area contributed by atoms with Crippen molar-refractivity contribution in [2.24, 2.45) is 35.5 Å². The van der Waals surface area contributed by atoms with E-state index in [2.05, 4.69) is 5.43 Å². The first-order valence-corrected chi connectivity index (χ1v) is 9.13. The number of carbonyl (C=O) groups excluding carboxylic acids is 3. The predicted molar refractivity (Wildman–Crippen MR) is 85.6 cm³/mol. The van der Waals surface area contributed by atoms with E-state index in [0.29, 0.717) is 11.8 Å². The highest BCUT2D eigenvalue weighted by atomic mass is 19.4. The van der Waals surface area contributed by atoms with Gasteiger partial charge in [0.05, 0.1) is 17.4 Å². The number of imide groups is 1. The Labute approximate surface area is 152 Å². The lowest BCUT2D eigenvalue weighted by molar-refractivity contribution is -0.143. The van der Waals surface area contributed by atoms with E-state index in [1.165, 1.54) is 0 Å². The van der Waals surface area contributed by atoms with Crippen LogP contribution in [-0.4, -0.2) is 22.7 Å². The molecule has 1 aromatic carbocycles. The van der Waals surface area contributed by atoms with Gasteiger partial charge in [-0.15, -0.1) is 0 Å². The number of rotatable bonds is 2. The molecule has 0 spiro atoms. The quantitative estimate of drug-likeness (QED) is 0.805. The molecule has 5 aliphatic rings. The highest BCUT2D eigenvalue weighted by Crippen LogP contribution is 2.67. The van der Waals surface area contributed by atoms with Gasteiger partial charge in [-0.2, -0.15) is 18.2 Å². The molecule has 27 heavy (non-hydrogen) atoms. The van der Waals surface area contributed by atoms with Crippen molar-refractivity contribution in [3.05, 3.63) is 35.4 Å². The molecule has 6 atom stereocenters. The van der Waals surface area contributed by atoms with Gasteiger partial charge in [-0.3, -0.25) is 19.8 Å². The van der Waals surface area contributed by atoms with Gasteiger partial charge in [0.15, 0.2) is 0 Å². The van der Waals surface area contributed by atoms with Crippen molar-refractivity contribution in [1.82, 2.24) is 10.4 Å². The maximum Gasteiger partial charge on any atom is 0.416 e. The van der Waals surface area contributed by atoms with E-state index in [0.717, 1.165) is 48.5 Å². The van der Waals surface area contributed by atoms with Crippen LogP contribution in [0, 0.1) is 35.5 Å². The van der Waals surface area contributed by atoms with Gasteiger partial charge in [0, 0.05) is 5.56 Å². The zero-order valence-corrected chi connectivity index (χ0v) is 14.2. The van der Waals surface area contributed by atoms with Crippen LogP contribution in [0.15, 0.2) is 24.3 Å². The van der Waals surface area contributed by atoms with Gasteiger partial charge in [0.25, 0.3) is 17.7 Å². The number of carbonyl (C=O) groups is 3. The average Bonchev–Trinajstić information content (AvgIpc) is 3.42. The molecule has 0 radical (unpaired) electrons. The van der Waals surface area contributed by atoms with E-state index in [1.54, 1.807) is 0 Å². The van der Waals surface area contributed by atoms with Crippen molar-refractivity contribution < 1.29 is 27.6 Å². The second-order valence-corrected chi connectivity index (χ2v) is 8.05. The smallest absolute Gasteiger partial charge is 0.272 e. The molecule has 1 saturated heterocycles. The fourth-order valence-corrected chi connectivity index (χ4v) is 5.62. The average molecular weight is 378 g/mol. The first-order valence-electron chi connectivity index (χ1n) is 9.13. The summed E-state index contributed by atoms with van der Waals surface area (Å²) in [6.07, 6.45) is -1.49. The molecule has 5 fully saturated rings. The molecule has 6 rings (SSSR count). The Balaban J connectivity index is 1.35. The minimum atomic E-state index is -4.49. The molecule has 5 nitrogen and oxygen atoms in total. The normalized spacial score (nSPS) is 36.5. The molecular weight excluding hydrogens is 361 g/mol. The van der Waals surface area contributed by atoms with Gasteiger partial charge in [-0.25, -0.2) is 0 Å². The zero-order chi connectivity index (χ0) is 19.1. The molecule has 2 bridgehead atoms. The van der Waals surface area contributed by atoms with E-state index >= 15 is 0 Å². The van der Waals surface area contributed by atoms with Gasteiger partial charge in [-0.05, 0) is 67.2 Å². The lowest BCUT2D eigenvalue weighted by atomic mass is 9.59. The zero-order valence-electron chi connectivity index (χ0n) is 14.2. The number of fused-ring (bicyclic) bond motifs is 1. The first kappa shape index (κ1) is 16.8. The van der Waals surface area contributed by atoms with Crippen LogP contribution in [0.5, 0.6) is 0 Å². The second-order valence-electron chi connectivity index (χ2n) is 8.05. The molecule has 4 aliphatic carbocycles. The highest BCUT2D eigenvalue weighted by Gasteiger charge is 2.68. The Morgan fingerprint density at radius 3 is 1.93 bits per heavy atom. The number of hydrogen-bond donors (Lipinski definition) is 1. The van der Waals surface area contributed by atoms with Crippen molar-refractivity contribution in [2.75, 3.05) is 0 Å². The van der Waals surface area contributed by atoms with Crippen LogP contribution in [0.3, 0.4) is 0 Å². The number of amides is 3. The Hall–Kier alpha value is -2.38. The summed E-state index contributed by atoms with van der Waals surface area (Å²) in [5.74, 6) is -0.707. The Bertz CT molecular complexity index is 817. The van der Waals surface area contributed by atoms with E-state index in [1.807, 2.05) is 0 Å². The monoisotopic (exact) mass is 378 g/mol. The predicted octanol–water partition coefficient (Wildman–Crippen LogP) is 2.63. The molecule has 1 heterocycles. The van der Waals surface area contributed by atoms with Crippen LogP contribution in [0.2, 0.25) is 0 Å². The Kier molecular flexibility index (Phi) is 3.31. The molecule has 142 valence electrons. The largest absolute Gasteiger partial charge is 0.416 e. The third kappa shape index (κ3) is 2.34. The number of benzene rings is 1. The molecule has 1 aromatic rings. The van der Waals surface area contributed by atoms with E-state index < -0.39 is 17.6 Å². The summed E-state index contributed by atoms with van der Waals surface area (Å²) < 4.78 is 37.9. The third-order valence-electron chi connectivity index (χ3n) is 6.83. The van der Waals surface area contributed by atoms with E-state index in [-0.39, 0.29) is 41.0 Å². The molecule has 1 N–H and O–H groups in total. The number of alkyl halides is 3. The van der Waals surface area contributed by atoms with Crippen molar-refractivity contribution in [1.29, 1.82) is 0 Å². The summed E-state index contributed by atoms with van der Waals surface area (Å²) in [5.41, 5.74) is 1.42. The minimum Gasteiger partial charge on any atom is -0.272 e. The molecular formula is C19H17F3N2O3. The van der Waals surface area contributed by atoms with Gasteiger partial charge in [-0.1, -0.05) is 0 Å². The lowest BCUT2D eigenvalue weighted by Crippen LogP contribution is -2.46. The third-order valence-corrected chi connectivity index (χ3v) is 6.83. The van der Waals surface area contributed by atoms with Crippen molar-refractivity contribution in [3.63, 3.8) is 0 Å². The summed E-state index contributed by atoms with van der Waals surface area (Å²) in [4.78, 5) is 38.0. The maximum atomic E-state index is 12.8. The fraction of sp³-hybridized carbons (Fsp3) is 0.526. The van der Waals surface area contributed by atoms with E-state index in [4.69, 9.17) is 0 Å². The van der Waals surface area contributed by atoms with Gasteiger partial charge < -0.3 is 0 Å². The van der Waals surface area contributed by atoms with Crippen LogP contribution in [0.1, 0.15) is 35.2 Å². The molecule has 3 unspecified atom stereocenters. The highest BCUT2D eigenvalue weighted by molar-refractivity contribution is 6.08. The first-order chi connectivity index (χ1) is 12.8. The van der Waals surface area contributed by atoms with Crippen LogP contribution in [0.25, 0.3) is 0 Å². The molecule has 8 heteroatoms. The molecule has 0 aromatic heterocycles.